The fraction of sp³-hybridized carbons (Fsp3) is 0.786. The molecular formula is C14H24O3. The van der Waals surface area contributed by atoms with Gasteiger partial charge in [-0.15, -0.1) is 0 Å². The molecule has 0 spiro atoms. The zero-order valence-electron chi connectivity index (χ0n) is 10.6. The van der Waals surface area contributed by atoms with Gasteiger partial charge in [0.2, 0.25) is 0 Å². The highest BCUT2D eigenvalue weighted by Gasteiger charge is 1.92. The van der Waals surface area contributed by atoms with E-state index in [9.17, 15) is 4.79 Å². The van der Waals surface area contributed by atoms with Crippen molar-refractivity contribution in [1.29, 1.82) is 0 Å². The van der Waals surface area contributed by atoms with E-state index in [2.05, 4.69) is 11.8 Å². The summed E-state index contributed by atoms with van der Waals surface area (Å²) in [7, 11) is 0. The first-order chi connectivity index (χ1) is 8.27. The van der Waals surface area contributed by atoms with Gasteiger partial charge in [0.05, 0.1) is 0 Å². The van der Waals surface area contributed by atoms with Gasteiger partial charge in [0.15, 0.2) is 0 Å². The molecule has 0 aromatic heterocycles. The van der Waals surface area contributed by atoms with Gasteiger partial charge in [-0.25, -0.2) is 4.79 Å². The smallest absolute Gasteiger partial charge is 0.381 e. The normalized spacial score (nSPS) is 9.71. The lowest BCUT2D eigenvalue weighted by Gasteiger charge is -2.00. The van der Waals surface area contributed by atoms with Crippen LogP contribution in [0.4, 0.5) is 0 Å². The van der Waals surface area contributed by atoms with Gasteiger partial charge in [0.1, 0.15) is 0 Å². The van der Waals surface area contributed by atoms with Crippen molar-refractivity contribution < 1.29 is 15.0 Å². The van der Waals surface area contributed by atoms with Crippen molar-refractivity contribution in [3.05, 3.63) is 0 Å². The number of carboxylic acid groups (broad SMARTS) is 1. The van der Waals surface area contributed by atoms with Crippen molar-refractivity contribution >= 4 is 5.97 Å². The first-order valence-corrected chi connectivity index (χ1v) is 6.60. The summed E-state index contributed by atoms with van der Waals surface area (Å²) in [5.74, 6) is 3.72. The number of carbonyl (C=O) groups is 1. The maximum atomic E-state index is 10.1. The minimum Gasteiger partial charge on any atom is -0.472 e. The van der Waals surface area contributed by atoms with Gasteiger partial charge < -0.3 is 10.2 Å². The largest absolute Gasteiger partial charge is 0.472 e. The van der Waals surface area contributed by atoms with Gasteiger partial charge in [-0.2, -0.15) is 0 Å². The van der Waals surface area contributed by atoms with Crippen molar-refractivity contribution in [3.63, 3.8) is 0 Å². The molecule has 0 fully saturated rings. The number of aliphatic hydroxyl groups excluding tert-OH is 1. The quantitative estimate of drug-likeness (QED) is 0.456. The number of hydrogen-bond acceptors (Lipinski definition) is 2. The van der Waals surface area contributed by atoms with Crippen LogP contribution in [-0.2, 0) is 4.79 Å². The lowest BCUT2D eigenvalue weighted by Crippen LogP contribution is -1.86. The van der Waals surface area contributed by atoms with Crippen molar-refractivity contribution in [1.82, 2.24) is 0 Å². The monoisotopic (exact) mass is 240 g/mol. The van der Waals surface area contributed by atoms with Gasteiger partial charge >= 0.3 is 5.97 Å². The molecule has 3 nitrogen and oxygen atoms in total. The first-order valence-electron chi connectivity index (χ1n) is 6.60. The van der Waals surface area contributed by atoms with Crippen LogP contribution >= 0.6 is 0 Å². The van der Waals surface area contributed by atoms with Crippen LogP contribution in [0.2, 0.25) is 0 Å². The van der Waals surface area contributed by atoms with Gasteiger partial charge in [0.25, 0.3) is 0 Å². The standard InChI is InChI=1S/C14H24O3/c15-13-11-9-7-5-3-1-2-4-6-8-10-12-14(16)17/h15H,1-9,11,13H2,(H,16,17). The second-order valence-corrected chi connectivity index (χ2v) is 4.26. The lowest BCUT2D eigenvalue weighted by molar-refractivity contribution is -0.130. The second kappa shape index (κ2) is 13.1. The van der Waals surface area contributed by atoms with Crippen LogP contribution in [0.5, 0.6) is 0 Å². The van der Waals surface area contributed by atoms with Gasteiger partial charge in [-0.3, -0.25) is 0 Å². The second-order valence-electron chi connectivity index (χ2n) is 4.26. The summed E-state index contributed by atoms with van der Waals surface area (Å²) in [6, 6.07) is 0. The summed E-state index contributed by atoms with van der Waals surface area (Å²) in [5.41, 5.74) is 0. The number of carboxylic acids is 1. The maximum absolute atomic E-state index is 10.1. The molecule has 0 saturated carbocycles. The number of aliphatic hydroxyl groups is 1. The van der Waals surface area contributed by atoms with Crippen LogP contribution in [-0.4, -0.2) is 22.8 Å². The third kappa shape index (κ3) is 15.0. The minimum absolute atomic E-state index is 0.317. The summed E-state index contributed by atoms with van der Waals surface area (Å²) in [6.07, 6.45) is 11.2. The summed E-state index contributed by atoms with van der Waals surface area (Å²) in [6.45, 7) is 0.317. The van der Waals surface area contributed by atoms with E-state index in [-0.39, 0.29) is 0 Å². The Kier molecular flexibility index (Phi) is 12.3. The van der Waals surface area contributed by atoms with E-state index in [1.54, 1.807) is 0 Å². The van der Waals surface area contributed by atoms with Crippen molar-refractivity contribution in [2.75, 3.05) is 6.61 Å². The van der Waals surface area contributed by atoms with E-state index < -0.39 is 5.97 Å². The van der Waals surface area contributed by atoms with Crippen LogP contribution < -0.4 is 0 Å². The summed E-state index contributed by atoms with van der Waals surface area (Å²) in [5, 5.41) is 16.9. The fourth-order valence-corrected chi connectivity index (χ4v) is 1.70. The summed E-state index contributed by atoms with van der Waals surface area (Å²) < 4.78 is 0. The molecule has 0 aromatic rings. The molecule has 0 rings (SSSR count). The average molecular weight is 240 g/mol. The fourth-order valence-electron chi connectivity index (χ4n) is 1.70. The van der Waals surface area contributed by atoms with Crippen molar-refractivity contribution in [2.45, 2.75) is 64.2 Å². The predicted molar refractivity (Wildman–Crippen MR) is 68.7 cm³/mol. The van der Waals surface area contributed by atoms with Gasteiger partial charge in [0, 0.05) is 18.9 Å². The number of rotatable bonds is 10. The summed E-state index contributed by atoms with van der Waals surface area (Å²) >= 11 is 0. The summed E-state index contributed by atoms with van der Waals surface area (Å²) in [4.78, 5) is 10.1. The molecule has 0 aliphatic carbocycles. The molecule has 0 bridgehead atoms. The van der Waals surface area contributed by atoms with Gasteiger partial charge in [-0.05, 0) is 12.8 Å². The van der Waals surface area contributed by atoms with E-state index in [0.29, 0.717) is 13.0 Å². The Labute approximate surface area is 104 Å². The molecule has 0 atom stereocenters. The molecule has 98 valence electrons. The molecule has 0 saturated heterocycles. The molecule has 3 heteroatoms. The number of unbranched alkanes of at least 4 members (excludes halogenated alkanes) is 9. The van der Waals surface area contributed by atoms with Crippen molar-refractivity contribution in [3.8, 4) is 11.8 Å². The maximum Gasteiger partial charge on any atom is 0.381 e. The zero-order valence-corrected chi connectivity index (χ0v) is 10.6. The highest BCUT2D eigenvalue weighted by Crippen LogP contribution is 2.10. The third-order valence-electron chi connectivity index (χ3n) is 2.66. The first kappa shape index (κ1) is 16.0. The number of aliphatic carboxylic acids is 1. The SMILES string of the molecule is O=C(O)C#CCCCCCCCCCCCO. The van der Waals surface area contributed by atoms with Crippen LogP contribution in [0.15, 0.2) is 0 Å². The Morgan fingerprint density at radius 2 is 1.29 bits per heavy atom. The molecule has 0 radical (unpaired) electrons. The van der Waals surface area contributed by atoms with E-state index in [1.807, 2.05) is 0 Å². The lowest BCUT2D eigenvalue weighted by atomic mass is 10.1. The van der Waals surface area contributed by atoms with Crippen LogP contribution in [0, 0.1) is 11.8 Å². The van der Waals surface area contributed by atoms with E-state index in [4.69, 9.17) is 10.2 Å². The molecule has 17 heavy (non-hydrogen) atoms. The molecule has 0 aliphatic rings. The van der Waals surface area contributed by atoms with Crippen LogP contribution in [0.1, 0.15) is 64.2 Å². The molecule has 0 aliphatic heterocycles. The molecular weight excluding hydrogens is 216 g/mol. The molecule has 2 N–H and O–H groups in total. The third-order valence-corrected chi connectivity index (χ3v) is 2.66. The van der Waals surface area contributed by atoms with Crippen molar-refractivity contribution in [2.24, 2.45) is 0 Å². The molecule has 0 aromatic carbocycles. The highest BCUT2D eigenvalue weighted by atomic mass is 16.4. The Bertz CT molecular complexity index is 238. The Balaban J connectivity index is 3.04. The van der Waals surface area contributed by atoms with E-state index in [0.717, 1.165) is 25.7 Å². The highest BCUT2D eigenvalue weighted by molar-refractivity contribution is 5.86. The van der Waals surface area contributed by atoms with Crippen LogP contribution in [0.3, 0.4) is 0 Å². The predicted octanol–water partition coefficient (Wildman–Crippen LogP) is 2.97. The molecule has 0 unspecified atom stereocenters. The minimum atomic E-state index is -1.03. The van der Waals surface area contributed by atoms with Gasteiger partial charge in [-0.1, -0.05) is 50.9 Å². The average Bonchev–Trinajstić information content (AvgIpc) is 2.30. The Morgan fingerprint density at radius 1 is 0.824 bits per heavy atom. The van der Waals surface area contributed by atoms with Crippen LogP contribution in [0.25, 0.3) is 0 Å². The molecule has 0 heterocycles. The molecule has 0 amide bonds. The topological polar surface area (TPSA) is 57.5 Å². The zero-order chi connectivity index (χ0) is 12.8. The Hall–Kier alpha value is -1.01. The van der Waals surface area contributed by atoms with E-state index in [1.165, 1.54) is 32.1 Å². The Morgan fingerprint density at radius 3 is 1.76 bits per heavy atom. The van der Waals surface area contributed by atoms with E-state index >= 15 is 0 Å². The number of hydrogen-bond donors (Lipinski definition) is 2.